The molecule has 0 aliphatic heterocycles. The predicted molar refractivity (Wildman–Crippen MR) is 99.2 cm³/mol. The molecule has 0 unspecified atom stereocenters. The van der Waals surface area contributed by atoms with E-state index in [4.69, 9.17) is 4.74 Å². The maximum Gasteiger partial charge on any atom is 0.339 e. The molecule has 128 valence electrons. The first-order chi connectivity index (χ1) is 12.8. The number of pyridine rings is 1. The van der Waals surface area contributed by atoms with Crippen LogP contribution in [0.25, 0.3) is 21.8 Å². The third-order valence-corrected chi connectivity index (χ3v) is 4.28. The van der Waals surface area contributed by atoms with Crippen LogP contribution in [0.15, 0.2) is 73.1 Å². The topological polar surface area (TPSA) is 61.2 Å². The number of hydrogen-bond acceptors (Lipinski definition) is 4. The molecule has 0 aliphatic rings. The zero-order chi connectivity index (χ0) is 17.9. The average molecular weight is 344 g/mol. The second kappa shape index (κ2) is 6.80. The lowest BCUT2D eigenvalue weighted by molar-refractivity contribution is 0.0490. The summed E-state index contributed by atoms with van der Waals surface area (Å²) in [6.45, 7) is 0.0212. The summed E-state index contributed by atoms with van der Waals surface area (Å²) in [6, 6.07) is 18.9. The minimum absolute atomic E-state index is 0.0212. The van der Waals surface area contributed by atoms with Gasteiger partial charge in [0.05, 0.1) is 23.0 Å². The molecule has 2 aromatic carbocycles. The van der Waals surface area contributed by atoms with E-state index in [1.54, 1.807) is 22.9 Å². The molecule has 2 heterocycles. The number of benzene rings is 2. The number of hydrogen-bond donors (Lipinski definition) is 0. The average Bonchev–Trinajstić information content (AvgIpc) is 3.03. The fourth-order valence-electron chi connectivity index (χ4n) is 3.10. The summed E-state index contributed by atoms with van der Waals surface area (Å²) in [7, 11) is 0. The van der Waals surface area contributed by atoms with Crippen molar-refractivity contribution in [2.24, 2.45) is 0 Å². The molecule has 26 heavy (non-hydrogen) atoms. The van der Waals surface area contributed by atoms with E-state index >= 15 is 0 Å². The summed E-state index contributed by atoms with van der Waals surface area (Å²) in [4.78, 5) is 28.7. The van der Waals surface area contributed by atoms with E-state index in [0.717, 1.165) is 21.8 Å². The van der Waals surface area contributed by atoms with E-state index in [-0.39, 0.29) is 18.9 Å². The lowest BCUT2D eigenvalue weighted by Gasteiger charge is -2.07. The molecule has 0 fully saturated rings. The van der Waals surface area contributed by atoms with Crippen LogP contribution in [0, 0.1) is 0 Å². The fraction of sp³-hybridized carbons (Fsp3) is 0.0952. The Labute approximate surface area is 149 Å². The first-order valence-corrected chi connectivity index (χ1v) is 8.34. The molecule has 2 aromatic heterocycles. The van der Waals surface area contributed by atoms with Gasteiger partial charge in [-0.25, -0.2) is 4.79 Å². The lowest BCUT2D eigenvalue weighted by atomic mass is 10.2. The van der Waals surface area contributed by atoms with Gasteiger partial charge in [0.2, 0.25) is 5.91 Å². The van der Waals surface area contributed by atoms with Gasteiger partial charge in [-0.15, -0.1) is 0 Å². The van der Waals surface area contributed by atoms with Crippen LogP contribution in [0.3, 0.4) is 0 Å². The second-order valence-corrected chi connectivity index (χ2v) is 5.89. The number of carbonyl (C=O) groups is 2. The van der Waals surface area contributed by atoms with Crippen LogP contribution in [0.4, 0.5) is 0 Å². The number of fused-ring (bicyclic) bond motifs is 3. The molecule has 4 rings (SSSR count). The van der Waals surface area contributed by atoms with Crippen LogP contribution in [-0.2, 0) is 4.74 Å². The standard InChI is InChI=1S/C21H16N2O3/c24-20(11-13-26-21(25)15-6-5-12-22-14-15)23-18-9-3-1-7-16(18)17-8-2-4-10-19(17)23/h1-10,12,14H,11,13H2. The van der Waals surface area contributed by atoms with Crippen LogP contribution in [0.5, 0.6) is 0 Å². The lowest BCUT2D eigenvalue weighted by Crippen LogP contribution is -2.15. The molecule has 5 nitrogen and oxygen atoms in total. The highest BCUT2D eigenvalue weighted by Gasteiger charge is 2.16. The van der Waals surface area contributed by atoms with Crippen LogP contribution in [0.2, 0.25) is 0 Å². The molecule has 0 spiro atoms. The van der Waals surface area contributed by atoms with Gasteiger partial charge in [0.1, 0.15) is 6.61 Å². The van der Waals surface area contributed by atoms with Crippen molar-refractivity contribution in [2.75, 3.05) is 6.61 Å². The molecule has 0 bridgehead atoms. The maximum atomic E-state index is 12.8. The van der Waals surface area contributed by atoms with Gasteiger partial charge in [-0.2, -0.15) is 0 Å². The first-order valence-electron chi connectivity index (χ1n) is 8.34. The van der Waals surface area contributed by atoms with Gasteiger partial charge in [0.15, 0.2) is 0 Å². The Hall–Kier alpha value is -3.47. The van der Waals surface area contributed by atoms with E-state index in [1.807, 2.05) is 48.5 Å². The van der Waals surface area contributed by atoms with Crippen LogP contribution in [0.1, 0.15) is 21.6 Å². The van der Waals surface area contributed by atoms with Crippen molar-refractivity contribution in [2.45, 2.75) is 6.42 Å². The Morgan fingerprint density at radius 2 is 1.54 bits per heavy atom. The van der Waals surface area contributed by atoms with Gasteiger partial charge < -0.3 is 4.74 Å². The second-order valence-electron chi connectivity index (χ2n) is 5.89. The zero-order valence-corrected chi connectivity index (χ0v) is 14.0. The van der Waals surface area contributed by atoms with Crippen molar-refractivity contribution < 1.29 is 14.3 Å². The van der Waals surface area contributed by atoms with Crippen molar-refractivity contribution in [1.29, 1.82) is 0 Å². The van der Waals surface area contributed by atoms with E-state index < -0.39 is 5.97 Å². The largest absolute Gasteiger partial charge is 0.462 e. The fourth-order valence-corrected chi connectivity index (χ4v) is 3.10. The van der Waals surface area contributed by atoms with Crippen molar-refractivity contribution in [1.82, 2.24) is 9.55 Å². The Morgan fingerprint density at radius 1 is 0.885 bits per heavy atom. The molecule has 0 saturated heterocycles. The van der Waals surface area contributed by atoms with Crippen molar-refractivity contribution in [3.63, 3.8) is 0 Å². The highest BCUT2D eigenvalue weighted by atomic mass is 16.5. The molecule has 0 saturated carbocycles. The van der Waals surface area contributed by atoms with E-state index in [9.17, 15) is 9.59 Å². The van der Waals surface area contributed by atoms with Crippen molar-refractivity contribution in [3.8, 4) is 0 Å². The van der Waals surface area contributed by atoms with Crippen LogP contribution >= 0.6 is 0 Å². The number of aromatic nitrogens is 2. The Bertz CT molecular complexity index is 1050. The minimum atomic E-state index is -0.479. The maximum absolute atomic E-state index is 12.8. The summed E-state index contributed by atoms with van der Waals surface area (Å²) in [5.41, 5.74) is 2.09. The third-order valence-electron chi connectivity index (χ3n) is 4.28. The first kappa shape index (κ1) is 16.0. The Morgan fingerprint density at radius 3 is 2.15 bits per heavy atom. The molecule has 0 aliphatic carbocycles. The van der Waals surface area contributed by atoms with Gasteiger partial charge in [0, 0.05) is 23.2 Å². The molecule has 5 heteroatoms. The predicted octanol–water partition coefficient (Wildman–Crippen LogP) is 4.08. The number of esters is 1. The van der Waals surface area contributed by atoms with E-state index in [1.165, 1.54) is 6.20 Å². The number of para-hydroxylation sites is 2. The quantitative estimate of drug-likeness (QED) is 0.524. The van der Waals surface area contributed by atoms with Crippen molar-refractivity contribution >= 4 is 33.7 Å². The highest BCUT2D eigenvalue weighted by molar-refractivity contribution is 6.13. The van der Waals surface area contributed by atoms with Crippen molar-refractivity contribution in [3.05, 3.63) is 78.6 Å². The number of nitrogens with zero attached hydrogens (tertiary/aromatic N) is 2. The van der Waals surface area contributed by atoms with E-state index in [0.29, 0.717) is 5.56 Å². The van der Waals surface area contributed by atoms with Gasteiger partial charge in [-0.05, 0) is 24.3 Å². The third kappa shape index (κ3) is 2.84. The van der Waals surface area contributed by atoms with E-state index in [2.05, 4.69) is 4.98 Å². The van der Waals surface area contributed by atoms with Gasteiger partial charge in [-0.1, -0.05) is 36.4 Å². The Kier molecular flexibility index (Phi) is 4.19. The molecular weight excluding hydrogens is 328 g/mol. The summed E-state index contributed by atoms with van der Waals surface area (Å²) >= 11 is 0. The molecule has 0 atom stereocenters. The number of ether oxygens (including phenoxy) is 1. The molecule has 0 amide bonds. The minimum Gasteiger partial charge on any atom is -0.462 e. The highest BCUT2D eigenvalue weighted by Crippen LogP contribution is 2.28. The van der Waals surface area contributed by atoms with Crippen LogP contribution in [-0.4, -0.2) is 28.0 Å². The monoisotopic (exact) mass is 344 g/mol. The summed E-state index contributed by atoms with van der Waals surface area (Å²) in [6.07, 6.45) is 3.13. The summed E-state index contributed by atoms with van der Waals surface area (Å²) < 4.78 is 6.90. The molecule has 4 aromatic rings. The van der Waals surface area contributed by atoms with Gasteiger partial charge >= 0.3 is 5.97 Å². The number of carbonyl (C=O) groups excluding carboxylic acids is 2. The summed E-state index contributed by atoms with van der Waals surface area (Å²) in [5, 5.41) is 2.06. The molecule has 0 N–H and O–H groups in total. The SMILES string of the molecule is O=C(OCCC(=O)n1c2ccccc2c2ccccc21)c1cccnc1. The normalized spacial score (nSPS) is 10.9. The summed E-state index contributed by atoms with van der Waals surface area (Å²) in [5.74, 6) is -0.588. The number of rotatable bonds is 4. The smallest absolute Gasteiger partial charge is 0.339 e. The van der Waals surface area contributed by atoms with Crippen LogP contribution < -0.4 is 0 Å². The van der Waals surface area contributed by atoms with Gasteiger partial charge in [-0.3, -0.25) is 14.3 Å². The molecular formula is C21H16N2O3. The van der Waals surface area contributed by atoms with Gasteiger partial charge in [0.25, 0.3) is 0 Å². The zero-order valence-electron chi connectivity index (χ0n) is 14.0. The Balaban J connectivity index is 1.56. The molecule has 0 radical (unpaired) electrons.